The minimum Gasteiger partial charge on any atom is -0.311 e. The summed E-state index contributed by atoms with van der Waals surface area (Å²) in [6.45, 7) is 0. The van der Waals surface area contributed by atoms with Gasteiger partial charge in [-0.25, -0.2) is 0 Å². The Morgan fingerprint density at radius 2 is 0.642 bits per heavy atom. The molecular weight excluding hydrogens is 639 g/mol. The van der Waals surface area contributed by atoms with E-state index in [9.17, 15) is 0 Å². The van der Waals surface area contributed by atoms with Crippen LogP contribution in [-0.4, -0.2) is 0 Å². The second kappa shape index (κ2) is 14.3. The molecule has 0 amide bonds. The van der Waals surface area contributed by atoms with Crippen molar-refractivity contribution in [2.45, 2.75) is 0 Å². The minimum absolute atomic E-state index is 1.10. The molecule has 250 valence electrons. The lowest BCUT2D eigenvalue weighted by molar-refractivity contribution is 1.28. The van der Waals surface area contributed by atoms with Gasteiger partial charge in [-0.2, -0.15) is 0 Å². The molecule has 0 bridgehead atoms. The van der Waals surface area contributed by atoms with Gasteiger partial charge < -0.3 is 4.90 Å². The third-order valence-corrected chi connectivity index (χ3v) is 10.1. The first-order valence-corrected chi connectivity index (χ1v) is 18.2. The Balaban J connectivity index is 1.11. The summed E-state index contributed by atoms with van der Waals surface area (Å²) in [7, 11) is 0. The Morgan fingerprint density at radius 1 is 0.245 bits per heavy atom. The van der Waals surface area contributed by atoms with E-state index in [-0.39, 0.29) is 0 Å². The van der Waals surface area contributed by atoms with Crippen LogP contribution < -0.4 is 4.90 Å². The van der Waals surface area contributed by atoms with Gasteiger partial charge in [-0.15, -0.1) is 0 Å². The Bertz CT molecular complexity index is 2610. The molecule has 1 nitrogen and oxygen atoms in total. The lowest BCUT2D eigenvalue weighted by atomic mass is 9.90. The predicted molar refractivity (Wildman–Crippen MR) is 226 cm³/mol. The number of benzene rings is 9. The van der Waals surface area contributed by atoms with E-state index in [0.29, 0.717) is 0 Å². The lowest BCUT2D eigenvalue weighted by Crippen LogP contribution is -2.09. The van der Waals surface area contributed by atoms with E-state index in [1.54, 1.807) is 0 Å². The molecule has 0 N–H and O–H groups in total. The maximum Gasteiger partial charge on any atom is 0.0462 e. The molecule has 0 saturated carbocycles. The standard InChI is InChI=1S/C52H37N/c1-4-13-38(14-5-1)40-23-30-47(31-24-40)53(48-32-25-41(26-33-48)46-21-12-20-45(37-46)39-15-6-2-7-16-39)49-34-27-43(28-35-49)51-36-29-42-17-10-11-22-50(42)52(51)44-18-8-3-9-19-44/h1-37H. The first-order chi connectivity index (χ1) is 26.3. The molecule has 0 aliphatic heterocycles. The third-order valence-electron chi connectivity index (χ3n) is 10.1. The topological polar surface area (TPSA) is 3.24 Å². The highest BCUT2D eigenvalue weighted by Gasteiger charge is 2.16. The first kappa shape index (κ1) is 32.0. The molecule has 53 heavy (non-hydrogen) atoms. The monoisotopic (exact) mass is 675 g/mol. The smallest absolute Gasteiger partial charge is 0.0462 e. The van der Waals surface area contributed by atoms with Gasteiger partial charge in [0.2, 0.25) is 0 Å². The van der Waals surface area contributed by atoms with Crippen LogP contribution in [0.2, 0.25) is 0 Å². The molecule has 9 aromatic rings. The quantitative estimate of drug-likeness (QED) is 0.155. The Hall–Kier alpha value is -6.96. The third kappa shape index (κ3) is 6.53. The van der Waals surface area contributed by atoms with Gasteiger partial charge in [-0.05, 0) is 109 Å². The van der Waals surface area contributed by atoms with E-state index in [0.717, 1.165) is 17.1 Å². The van der Waals surface area contributed by atoms with Crippen molar-refractivity contribution in [3.05, 3.63) is 224 Å². The molecule has 0 unspecified atom stereocenters. The molecule has 1 heteroatoms. The van der Waals surface area contributed by atoms with E-state index >= 15 is 0 Å². The molecule has 0 saturated heterocycles. The summed E-state index contributed by atoms with van der Waals surface area (Å²) in [4.78, 5) is 2.35. The second-order valence-corrected chi connectivity index (χ2v) is 13.4. The van der Waals surface area contributed by atoms with Crippen molar-refractivity contribution in [1.82, 2.24) is 0 Å². The summed E-state index contributed by atoms with van der Waals surface area (Å²) in [5, 5.41) is 2.50. The lowest BCUT2D eigenvalue weighted by Gasteiger charge is -2.26. The molecule has 0 fully saturated rings. The number of fused-ring (bicyclic) bond motifs is 1. The summed E-state index contributed by atoms with van der Waals surface area (Å²) in [6, 6.07) is 80.7. The summed E-state index contributed by atoms with van der Waals surface area (Å²) < 4.78 is 0. The van der Waals surface area contributed by atoms with Crippen molar-refractivity contribution < 1.29 is 0 Å². The number of anilines is 3. The Labute approximate surface area is 311 Å². The average Bonchev–Trinajstić information content (AvgIpc) is 3.25. The fraction of sp³-hybridized carbons (Fsp3) is 0. The molecule has 9 aromatic carbocycles. The van der Waals surface area contributed by atoms with Crippen LogP contribution in [0.1, 0.15) is 0 Å². The predicted octanol–water partition coefficient (Wildman–Crippen LogP) is 14.6. The fourth-order valence-electron chi connectivity index (χ4n) is 7.41. The van der Waals surface area contributed by atoms with Crippen LogP contribution in [0.25, 0.3) is 66.4 Å². The molecule has 9 rings (SSSR count). The maximum atomic E-state index is 2.35. The van der Waals surface area contributed by atoms with Crippen molar-refractivity contribution in [3.8, 4) is 55.6 Å². The van der Waals surface area contributed by atoms with Crippen LogP contribution in [0.5, 0.6) is 0 Å². The summed E-state index contributed by atoms with van der Waals surface area (Å²) in [5.41, 5.74) is 15.4. The van der Waals surface area contributed by atoms with Crippen LogP contribution in [0.4, 0.5) is 17.1 Å². The van der Waals surface area contributed by atoms with Gasteiger partial charge in [0.15, 0.2) is 0 Å². The van der Waals surface area contributed by atoms with Crippen molar-refractivity contribution in [3.63, 3.8) is 0 Å². The van der Waals surface area contributed by atoms with E-state index in [4.69, 9.17) is 0 Å². The van der Waals surface area contributed by atoms with Crippen molar-refractivity contribution in [1.29, 1.82) is 0 Å². The van der Waals surface area contributed by atoms with E-state index in [1.165, 1.54) is 66.4 Å². The summed E-state index contributed by atoms with van der Waals surface area (Å²) >= 11 is 0. The summed E-state index contributed by atoms with van der Waals surface area (Å²) in [5.74, 6) is 0. The largest absolute Gasteiger partial charge is 0.311 e. The van der Waals surface area contributed by atoms with Gasteiger partial charge in [0.1, 0.15) is 0 Å². The Kier molecular flexibility index (Phi) is 8.66. The van der Waals surface area contributed by atoms with Crippen LogP contribution in [0.15, 0.2) is 224 Å². The molecule has 0 aliphatic carbocycles. The summed E-state index contributed by atoms with van der Waals surface area (Å²) in [6.07, 6.45) is 0. The molecule has 0 aromatic heterocycles. The van der Waals surface area contributed by atoms with Gasteiger partial charge in [-0.3, -0.25) is 0 Å². The average molecular weight is 676 g/mol. The highest BCUT2D eigenvalue weighted by Crippen LogP contribution is 2.41. The van der Waals surface area contributed by atoms with E-state index < -0.39 is 0 Å². The highest BCUT2D eigenvalue weighted by atomic mass is 15.1. The van der Waals surface area contributed by atoms with Crippen LogP contribution >= 0.6 is 0 Å². The number of rotatable bonds is 8. The maximum absolute atomic E-state index is 2.35. The van der Waals surface area contributed by atoms with Gasteiger partial charge in [0.05, 0.1) is 0 Å². The van der Waals surface area contributed by atoms with Gasteiger partial charge in [-0.1, -0.05) is 182 Å². The van der Waals surface area contributed by atoms with Gasteiger partial charge in [0, 0.05) is 17.1 Å². The van der Waals surface area contributed by atoms with Crippen LogP contribution in [0, 0.1) is 0 Å². The second-order valence-electron chi connectivity index (χ2n) is 13.4. The SMILES string of the molecule is c1ccc(-c2ccc(N(c3ccc(-c4cccc(-c5ccccc5)c4)cc3)c3ccc(-c4ccc5ccccc5c4-c4ccccc4)cc3)cc2)cc1. The van der Waals surface area contributed by atoms with Crippen molar-refractivity contribution >= 4 is 27.8 Å². The molecule has 0 radical (unpaired) electrons. The number of hydrogen-bond donors (Lipinski definition) is 0. The zero-order chi connectivity index (χ0) is 35.4. The molecule has 0 spiro atoms. The zero-order valence-electron chi connectivity index (χ0n) is 29.3. The first-order valence-electron chi connectivity index (χ1n) is 18.2. The normalized spacial score (nSPS) is 11.0. The van der Waals surface area contributed by atoms with Crippen molar-refractivity contribution in [2.24, 2.45) is 0 Å². The fourth-order valence-corrected chi connectivity index (χ4v) is 7.41. The zero-order valence-corrected chi connectivity index (χ0v) is 29.3. The Morgan fingerprint density at radius 3 is 1.19 bits per heavy atom. The highest BCUT2D eigenvalue weighted by molar-refractivity contribution is 6.04. The minimum atomic E-state index is 1.10. The number of hydrogen-bond acceptors (Lipinski definition) is 1. The molecule has 0 aliphatic rings. The van der Waals surface area contributed by atoms with E-state index in [2.05, 4.69) is 229 Å². The van der Waals surface area contributed by atoms with Gasteiger partial charge in [0.25, 0.3) is 0 Å². The molecular formula is C52H37N. The molecule has 0 heterocycles. The molecule has 0 atom stereocenters. The van der Waals surface area contributed by atoms with Crippen molar-refractivity contribution in [2.75, 3.05) is 4.90 Å². The number of nitrogens with zero attached hydrogens (tertiary/aromatic N) is 1. The van der Waals surface area contributed by atoms with Crippen LogP contribution in [0.3, 0.4) is 0 Å². The van der Waals surface area contributed by atoms with E-state index in [1.807, 2.05) is 0 Å². The van der Waals surface area contributed by atoms with Crippen LogP contribution in [-0.2, 0) is 0 Å². The van der Waals surface area contributed by atoms with Gasteiger partial charge >= 0.3 is 0 Å².